The summed E-state index contributed by atoms with van der Waals surface area (Å²) in [6.45, 7) is 0. The molecule has 0 unspecified atom stereocenters. The number of hydrogen-bond donors (Lipinski definition) is 0. The van der Waals surface area contributed by atoms with Crippen LogP contribution in [0.2, 0.25) is 0 Å². The van der Waals surface area contributed by atoms with Crippen LogP contribution in [0.25, 0.3) is 120 Å². The molecule has 4 nitrogen and oxygen atoms in total. The minimum Gasteiger partial charge on any atom is -0.309 e. The van der Waals surface area contributed by atoms with E-state index in [0.29, 0.717) is 0 Å². The Labute approximate surface area is 367 Å². The number of aromatic nitrogens is 4. The first-order valence-corrected chi connectivity index (χ1v) is 22.1. The van der Waals surface area contributed by atoms with Crippen LogP contribution in [0.5, 0.6) is 0 Å². The second kappa shape index (κ2) is 14.2. The van der Waals surface area contributed by atoms with E-state index in [9.17, 15) is 0 Å². The van der Waals surface area contributed by atoms with Crippen molar-refractivity contribution in [2.45, 2.75) is 0 Å². The van der Waals surface area contributed by atoms with Gasteiger partial charge in [0.1, 0.15) is 0 Å². The Bertz CT molecular complexity index is 3840. The highest BCUT2D eigenvalue weighted by Gasteiger charge is 2.19. The zero-order chi connectivity index (χ0) is 41.4. The average molecular weight is 821 g/mol. The molecule has 0 aliphatic carbocycles. The maximum atomic E-state index is 5.21. The van der Waals surface area contributed by atoms with Gasteiger partial charge < -0.3 is 9.13 Å². The van der Waals surface area contributed by atoms with E-state index in [0.717, 1.165) is 50.4 Å². The molecule has 0 saturated heterocycles. The summed E-state index contributed by atoms with van der Waals surface area (Å²) in [5.41, 5.74) is 16.8. The lowest BCUT2D eigenvalue weighted by Crippen LogP contribution is -1.98. The molecule has 0 fully saturated rings. The predicted molar refractivity (Wildman–Crippen MR) is 265 cm³/mol. The van der Waals surface area contributed by atoms with Gasteiger partial charge in [0.25, 0.3) is 0 Å². The number of nitrogens with zero attached hydrogens (tertiary/aromatic N) is 4. The Kier molecular flexibility index (Phi) is 8.05. The van der Waals surface area contributed by atoms with Crippen LogP contribution in [0.3, 0.4) is 0 Å². The summed E-state index contributed by atoms with van der Waals surface area (Å²) in [6, 6.07) is 76.6. The number of thiophene rings is 1. The van der Waals surface area contributed by atoms with Crippen molar-refractivity contribution in [2.75, 3.05) is 0 Å². The van der Waals surface area contributed by atoms with Crippen molar-refractivity contribution in [1.82, 2.24) is 19.1 Å². The number of para-hydroxylation sites is 2. The van der Waals surface area contributed by atoms with Crippen molar-refractivity contribution in [2.24, 2.45) is 0 Å². The lowest BCUT2D eigenvalue weighted by Gasteiger charge is -2.14. The topological polar surface area (TPSA) is 35.6 Å². The third-order valence-electron chi connectivity index (χ3n) is 12.6. The lowest BCUT2D eigenvalue weighted by molar-refractivity contribution is 1.16. The minimum atomic E-state index is 0.941. The minimum absolute atomic E-state index is 0.941. The molecule has 0 aliphatic rings. The largest absolute Gasteiger partial charge is 0.309 e. The molecule has 63 heavy (non-hydrogen) atoms. The van der Waals surface area contributed by atoms with E-state index in [1.807, 2.05) is 17.5 Å². The predicted octanol–water partition coefficient (Wildman–Crippen LogP) is 15.7. The van der Waals surface area contributed by atoms with E-state index in [-0.39, 0.29) is 0 Å². The third kappa shape index (κ3) is 5.74. The molecular weight excluding hydrogens is 785 g/mol. The summed E-state index contributed by atoms with van der Waals surface area (Å²) in [5, 5.41) is 6.11. The van der Waals surface area contributed by atoms with Gasteiger partial charge >= 0.3 is 0 Å². The monoisotopic (exact) mass is 820 g/mol. The van der Waals surface area contributed by atoms with Gasteiger partial charge in [-0.3, -0.25) is 4.98 Å². The lowest BCUT2D eigenvalue weighted by atomic mass is 10.0. The van der Waals surface area contributed by atoms with Crippen LogP contribution in [0.1, 0.15) is 0 Å². The Balaban J connectivity index is 0.946. The van der Waals surface area contributed by atoms with Crippen LogP contribution in [0.15, 0.2) is 219 Å². The van der Waals surface area contributed by atoms with Crippen molar-refractivity contribution >= 4 is 75.3 Å². The summed E-state index contributed by atoms with van der Waals surface area (Å²) in [5.74, 6) is 0. The van der Waals surface area contributed by atoms with E-state index in [2.05, 4.69) is 221 Å². The van der Waals surface area contributed by atoms with Crippen molar-refractivity contribution in [3.8, 4) is 56.1 Å². The Morgan fingerprint density at radius 2 is 0.889 bits per heavy atom. The van der Waals surface area contributed by atoms with Crippen molar-refractivity contribution in [1.29, 1.82) is 0 Å². The van der Waals surface area contributed by atoms with Gasteiger partial charge in [-0.2, -0.15) is 0 Å². The van der Waals surface area contributed by atoms with Crippen LogP contribution in [-0.4, -0.2) is 19.1 Å². The molecule has 0 atom stereocenters. The summed E-state index contributed by atoms with van der Waals surface area (Å²) in [6.07, 6.45) is 1.94. The molecule has 0 aliphatic heterocycles. The van der Waals surface area contributed by atoms with Crippen LogP contribution in [0, 0.1) is 0 Å². The molecular formula is C58H36N4S. The molecule has 5 heteroatoms. The van der Waals surface area contributed by atoms with Crippen LogP contribution in [0.4, 0.5) is 0 Å². The highest BCUT2D eigenvalue weighted by molar-refractivity contribution is 7.26. The molecule has 0 bridgehead atoms. The summed E-state index contributed by atoms with van der Waals surface area (Å²) in [7, 11) is 0. The number of rotatable bonds is 6. The maximum absolute atomic E-state index is 5.21. The molecule has 5 aromatic heterocycles. The van der Waals surface area contributed by atoms with Gasteiger partial charge in [0.05, 0.1) is 49.4 Å². The van der Waals surface area contributed by atoms with Crippen LogP contribution >= 0.6 is 11.3 Å². The van der Waals surface area contributed by atoms with Gasteiger partial charge in [0.2, 0.25) is 0 Å². The highest BCUT2D eigenvalue weighted by Crippen LogP contribution is 2.41. The quantitative estimate of drug-likeness (QED) is 0.167. The van der Waals surface area contributed by atoms with Crippen LogP contribution < -0.4 is 0 Å². The zero-order valence-corrected chi connectivity index (χ0v) is 34.8. The summed E-state index contributed by atoms with van der Waals surface area (Å²) < 4.78 is 7.31. The zero-order valence-electron chi connectivity index (χ0n) is 34.0. The SMILES string of the molecule is c1ccc(-c2cc(-n3c4ccccc4c4ccc(-c5ccc6c(c5)c5ccccc5n6-c5ccc(-c6ccnc7c6sc6ccccc67)cc5)cc43)cc(-c3ccccc3)n2)cc1. The molecule has 5 heterocycles. The first-order chi connectivity index (χ1) is 31.2. The van der Waals surface area contributed by atoms with Crippen molar-refractivity contribution < 1.29 is 0 Å². The van der Waals surface area contributed by atoms with E-state index in [1.54, 1.807) is 0 Å². The van der Waals surface area contributed by atoms with Crippen molar-refractivity contribution in [3.63, 3.8) is 0 Å². The second-order valence-corrected chi connectivity index (χ2v) is 17.2. The van der Waals surface area contributed by atoms with E-state index >= 15 is 0 Å². The number of fused-ring (bicyclic) bond motifs is 9. The molecule has 0 N–H and O–H groups in total. The van der Waals surface area contributed by atoms with Crippen molar-refractivity contribution in [3.05, 3.63) is 219 Å². The van der Waals surface area contributed by atoms with E-state index in [4.69, 9.17) is 9.97 Å². The normalized spacial score (nSPS) is 11.8. The fourth-order valence-corrected chi connectivity index (χ4v) is 10.8. The Morgan fingerprint density at radius 1 is 0.349 bits per heavy atom. The standard InChI is InChI=1S/C58H36N4S/c1-3-13-38(14-4-1)50-35-43(36-51(60-50)39-15-5-2-6-16-39)62-52-20-10-7-17-45(52)47-29-25-41(34-55(47)62)40-26-30-54-49(33-40)46-18-8-11-21-53(46)61(54)42-27-23-37(24-28-42)44-31-32-59-57-48-19-9-12-22-56(48)63-58(44)57/h1-36H. The Morgan fingerprint density at radius 3 is 1.60 bits per heavy atom. The molecule has 13 aromatic rings. The molecule has 13 rings (SSSR count). The summed E-state index contributed by atoms with van der Waals surface area (Å²) in [4.78, 5) is 9.99. The van der Waals surface area contributed by atoms with Gasteiger partial charge in [-0.1, -0.05) is 146 Å². The maximum Gasteiger partial charge on any atom is 0.0894 e. The van der Waals surface area contributed by atoms with E-state index in [1.165, 1.54) is 69.6 Å². The fraction of sp³-hybridized carbons (Fsp3) is 0. The Hall–Kier alpha value is -8.12. The summed E-state index contributed by atoms with van der Waals surface area (Å²) >= 11 is 1.82. The molecule has 0 spiro atoms. The molecule has 0 radical (unpaired) electrons. The molecule has 0 amide bonds. The van der Waals surface area contributed by atoms with Gasteiger partial charge in [-0.05, 0) is 83.4 Å². The number of pyridine rings is 2. The molecule has 294 valence electrons. The first kappa shape index (κ1) is 35.6. The third-order valence-corrected chi connectivity index (χ3v) is 13.8. The van der Waals surface area contributed by atoms with Gasteiger partial charge in [0.15, 0.2) is 0 Å². The second-order valence-electron chi connectivity index (χ2n) is 16.2. The highest BCUT2D eigenvalue weighted by atomic mass is 32.1. The van der Waals surface area contributed by atoms with Gasteiger partial charge in [-0.25, -0.2) is 4.98 Å². The fourth-order valence-electron chi connectivity index (χ4n) is 9.64. The number of benzene rings is 8. The van der Waals surface area contributed by atoms with Crippen LogP contribution in [-0.2, 0) is 0 Å². The van der Waals surface area contributed by atoms with Gasteiger partial charge in [-0.15, -0.1) is 11.3 Å². The molecule has 0 saturated carbocycles. The first-order valence-electron chi connectivity index (χ1n) is 21.3. The molecule has 8 aromatic carbocycles. The van der Waals surface area contributed by atoms with E-state index < -0.39 is 0 Å². The number of hydrogen-bond acceptors (Lipinski definition) is 3. The smallest absolute Gasteiger partial charge is 0.0894 e. The van der Waals surface area contributed by atoms with Gasteiger partial charge in [0, 0.05) is 60.2 Å². The average Bonchev–Trinajstić information content (AvgIpc) is 4.02.